The molecular weight excluding hydrogens is 184 g/mol. The van der Waals surface area contributed by atoms with Crippen LogP contribution in [-0.2, 0) is 4.79 Å². The van der Waals surface area contributed by atoms with Crippen molar-refractivity contribution in [3.05, 3.63) is 0 Å². The molecule has 0 aliphatic heterocycles. The van der Waals surface area contributed by atoms with Crippen LogP contribution in [0, 0.1) is 5.92 Å². The summed E-state index contributed by atoms with van der Waals surface area (Å²) < 4.78 is 0. The van der Waals surface area contributed by atoms with E-state index >= 15 is 0 Å². The van der Waals surface area contributed by atoms with Crippen molar-refractivity contribution in [2.75, 3.05) is 20.1 Å². The van der Waals surface area contributed by atoms with E-state index in [0.717, 1.165) is 6.54 Å². The second-order valence-electron chi connectivity index (χ2n) is 3.73. The summed E-state index contributed by atoms with van der Waals surface area (Å²) in [4.78, 5) is 23.0. The molecule has 5 heteroatoms. The van der Waals surface area contributed by atoms with Crippen LogP contribution in [0.2, 0.25) is 0 Å². The van der Waals surface area contributed by atoms with Gasteiger partial charge in [-0.05, 0) is 18.8 Å². The summed E-state index contributed by atoms with van der Waals surface area (Å²) in [6.45, 7) is 0.416. The van der Waals surface area contributed by atoms with Crippen LogP contribution in [0.3, 0.4) is 0 Å². The Kier molecular flexibility index (Phi) is 3.73. The highest BCUT2D eigenvalue weighted by molar-refractivity contribution is 5.79. The Balaban J connectivity index is 2.17. The number of rotatable bonds is 4. The van der Waals surface area contributed by atoms with Crippen LogP contribution in [-0.4, -0.2) is 42.1 Å². The maximum Gasteiger partial charge on any atom is 0.323 e. The number of carbonyl (C=O) groups excluding carboxylic acids is 1. The lowest BCUT2D eigenvalue weighted by Crippen LogP contribution is -2.42. The molecule has 1 aliphatic carbocycles. The standard InChI is InChI=1S/C9H16N2O3/c1-11(6-7-3-2-4-7)9(14)10-5-8(12)13/h7H,2-6H2,1H3,(H,10,14)(H,12,13). The number of amides is 2. The zero-order valence-corrected chi connectivity index (χ0v) is 8.32. The van der Waals surface area contributed by atoms with Gasteiger partial charge in [0, 0.05) is 13.6 Å². The van der Waals surface area contributed by atoms with Crippen molar-refractivity contribution in [3.63, 3.8) is 0 Å². The van der Waals surface area contributed by atoms with Crippen LogP contribution in [0.4, 0.5) is 4.79 Å². The summed E-state index contributed by atoms with van der Waals surface area (Å²) >= 11 is 0. The Morgan fingerprint density at radius 2 is 2.14 bits per heavy atom. The molecule has 1 fully saturated rings. The van der Waals surface area contributed by atoms with E-state index in [1.54, 1.807) is 11.9 Å². The molecule has 5 nitrogen and oxygen atoms in total. The molecule has 0 bridgehead atoms. The maximum atomic E-state index is 11.3. The van der Waals surface area contributed by atoms with Crippen LogP contribution in [0.15, 0.2) is 0 Å². The lowest BCUT2D eigenvalue weighted by molar-refractivity contribution is -0.135. The van der Waals surface area contributed by atoms with Gasteiger partial charge in [0.05, 0.1) is 0 Å². The molecule has 1 saturated carbocycles. The molecular formula is C9H16N2O3. The third-order valence-electron chi connectivity index (χ3n) is 2.49. The smallest absolute Gasteiger partial charge is 0.323 e. The van der Waals surface area contributed by atoms with Gasteiger partial charge in [-0.2, -0.15) is 0 Å². The predicted molar refractivity (Wildman–Crippen MR) is 51.0 cm³/mol. The number of nitrogens with one attached hydrogen (secondary N) is 1. The fourth-order valence-corrected chi connectivity index (χ4v) is 1.43. The quantitative estimate of drug-likeness (QED) is 0.694. The number of hydrogen-bond donors (Lipinski definition) is 2. The fraction of sp³-hybridized carbons (Fsp3) is 0.778. The van der Waals surface area contributed by atoms with Crippen molar-refractivity contribution in [1.29, 1.82) is 0 Å². The van der Waals surface area contributed by atoms with E-state index in [9.17, 15) is 9.59 Å². The summed E-state index contributed by atoms with van der Waals surface area (Å²) in [5.74, 6) is -0.411. The first kappa shape index (κ1) is 10.8. The monoisotopic (exact) mass is 200 g/mol. The zero-order chi connectivity index (χ0) is 10.6. The van der Waals surface area contributed by atoms with E-state index in [0.29, 0.717) is 5.92 Å². The van der Waals surface area contributed by atoms with Gasteiger partial charge < -0.3 is 15.3 Å². The maximum absolute atomic E-state index is 11.3. The zero-order valence-electron chi connectivity index (χ0n) is 8.32. The molecule has 1 rings (SSSR count). The summed E-state index contributed by atoms with van der Waals surface area (Å²) in [5.41, 5.74) is 0. The van der Waals surface area contributed by atoms with E-state index in [-0.39, 0.29) is 12.6 Å². The van der Waals surface area contributed by atoms with Crippen molar-refractivity contribution in [1.82, 2.24) is 10.2 Å². The van der Waals surface area contributed by atoms with Gasteiger partial charge in [-0.3, -0.25) is 4.79 Å². The van der Waals surface area contributed by atoms with Gasteiger partial charge in [-0.15, -0.1) is 0 Å². The Hall–Kier alpha value is -1.26. The van der Waals surface area contributed by atoms with Crippen LogP contribution >= 0.6 is 0 Å². The van der Waals surface area contributed by atoms with E-state index in [4.69, 9.17) is 5.11 Å². The second-order valence-corrected chi connectivity index (χ2v) is 3.73. The van der Waals surface area contributed by atoms with Crippen molar-refractivity contribution in [2.24, 2.45) is 5.92 Å². The Morgan fingerprint density at radius 3 is 2.57 bits per heavy atom. The average molecular weight is 200 g/mol. The van der Waals surface area contributed by atoms with Gasteiger partial charge in [0.15, 0.2) is 0 Å². The summed E-state index contributed by atoms with van der Waals surface area (Å²) in [6.07, 6.45) is 3.60. The Bertz CT molecular complexity index is 226. The molecule has 0 heterocycles. The highest BCUT2D eigenvalue weighted by atomic mass is 16.4. The minimum atomic E-state index is -1.02. The number of hydrogen-bond acceptors (Lipinski definition) is 2. The molecule has 0 unspecified atom stereocenters. The number of carbonyl (C=O) groups is 2. The molecule has 0 saturated heterocycles. The lowest BCUT2D eigenvalue weighted by Gasteiger charge is -2.29. The van der Waals surface area contributed by atoms with Gasteiger partial charge in [0.25, 0.3) is 0 Å². The highest BCUT2D eigenvalue weighted by Crippen LogP contribution is 2.26. The first-order valence-electron chi connectivity index (χ1n) is 4.80. The molecule has 0 radical (unpaired) electrons. The summed E-state index contributed by atoms with van der Waals surface area (Å²) in [7, 11) is 1.69. The van der Waals surface area contributed by atoms with Crippen molar-refractivity contribution in [3.8, 4) is 0 Å². The Morgan fingerprint density at radius 1 is 1.50 bits per heavy atom. The molecule has 0 aromatic carbocycles. The van der Waals surface area contributed by atoms with E-state index in [1.807, 2.05) is 0 Å². The van der Waals surface area contributed by atoms with Gasteiger partial charge in [0.1, 0.15) is 6.54 Å². The second kappa shape index (κ2) is 4.83. The van der Waals surface area contributed by atoms with Gasteiger partial charge in [-0.25, -0.2) is 4.79 Å². The molecule has 1 aliphatic rings. The third kappa shape index (κ3) is 3.24. The fourth-order valence-electron chi connectivity index (χ4n) is 1.43. The molecule has 2 N–H and O–H groups in total. The van der Waals surface area contributed by atoms with E-state index in [1.165, 1.54) is 19.3 Å². The predicted octanol–water partition coefficient (Wildman–Crippen LogP) is 0.512. The van der Waals surface area contributed by atoms with Crippen LogP contribution < -0.4 is 5.32 Å². The van der Waals surface area contributed by atoms with Crippen molar-refractivity contribution in [2.45, 2.75) is 19.3 Å². The van der Waals surface area contributed by atoms with Gasteiger partial charge in [0.2, 0.25) is 0 Å². The SMILES string of the molecule is CN(CC1CCC1)C(=O)NCC(=O)O. The molecule has 0 aromatic heterocycles. The average Bonchev–Trinajstić information content (AvgIpc) is 2.06. The van der Waals surface area contributed by atoms with Crippen molar-refractivity contribution >= 4 is 12.0 Å². The topological polar surface area (TPSA) is 69.6 Å². The van der Waals surface area contributed by atoms with Crippen LogP contribution in [0.25, 0.3) is 0 Å². The number of nitrogens with zero attached hydrogens (tertiary/aromatic N) is 1. The first-order valence-corrected chi connectivity index (χ1v) is 4.80. The minimum absolute atomic E-state index is 0.306. The third-order valence-corrected chi connectivity index (χ3v) is 2.49. The van der Waals surface area contributed by atoms with Crippen LogP contribution in [0.5, 0.6) is 0 Å². The van der Waals surface area contributed by atoms with Gasteiger partial charge in [-0.1, -0.05) is 6.42 Å². The van der Waals surface area contributed by atoms with Crippen molar-refractivity contribution < 1.29 is 14.7 Å². The summed E-state index contributed by atoms with van der Waals surface area (Å²) in [6, 6.07) is -0.306. The Labute approximate surface area is 83.1 Å². The molecule has 0 atom stereocenters. The largest absolute Gasteiger partial charge is 0.480 e. The normalized spacial score (nSPS) is 15.8. The number of aliphatic carboxylic acids is 1. The lowest BCUT2D eigenvalue weighted by atomic mass is 9.85. The summed E-state index contributed by atoms with van der Waals surface area (Å²) in [5, 5.41) is 10.7. The molecule has 2 amide bonds. The molecule has 14 heavy (non-hydrogen) atoms. The molecule has 0 aromatic rings. The van der Waals surface area contributed by atoms with Gasteiger partial charge >= 0.3 is 12.0 Å². The molecule has 80 valence electrons. The number of carboxylic acids is 1. The van der Waals surface area contributed by atoms with E-state index < -0.39 is 5.97 Å². The number of urea groups is 1. The first-order chi connectivity index (χ1) is 6.59. The number of carboxylic acid groups (broad SMARTS) is 1. The minimum Gasteiger partial charge on any atom is -0.480 e. The molecule has 0 spiro atoms. The van der Waals surface area contributed by atoms with E-state index in [2.05, 4.69) is 5.32 Å². The van der Waals surface area contributed by atoms with Crippen LogP contribution in [0.1, 0.15) is 19.3 Å². The highest BCUT2D eigenvalue weighted by Gasteiger charge is 2.21.